The highest BCUT2D eigenvalue weighted by Gasteiger charge is 2.32. The number of nitrogens with zero attached hydrogens (tertiary/aromatic N) is 5. The summed E-state index contributed by atoms with van der Waals surface area (Å²) in [7, 11) is 0. The zero-order chi connectivity index (χ0) is 27.2. The molecule has 0 saturated carbocycles. The minimum absolute atomic E-state index is 0.0579. The first-order valence-electron chi connectivity index (χ1n) is 11.8. The van der Waals surface area contributed by atoms with Gasteiger partial charge in [0.25, 0.3) is 5.56 Å². The van der Waals surface area contributed by atoms with Crippen molar-refractivity contribution in [1.29, 1.82) is 0 Å². The molecule has 0 fully saturated rings. The number of benzene rings is 1. The molecular formula is C25H24F5N7O. The maximum Gasteiger partial charge on any atom is 0.408 e. The van der Waals surface area contributed by atoms with Crippen molar-refractivity contribution in [2.45, 2.75) is 44.9 Å². The first-order chi connectivity index (χ1) is 18.0. The van der Waals surface area contributed by atoms with Crippen molar-refractivity contribution in [2.24, 2.45) is 0 Å². The highest BCUT2D eigenvalue weighted by atomic mass is 19.4. The summed E-state index contributed by atoms with van der Waals surface area (Å²) >= 11 is 0. The number of fused-ring (bicyclic) bond motifs is 2. The number of halogens is 5. The number of nitrogens with one attached hydrogen (secondary N) is 2. The predicted octanol–water partition coefficient (Wildman–Crippen LogP) is 4.32. The topological polar surface area (TPSA) is 89.7 Å². The molecule has 0 amide bonds. The van der Waals surface area contributed by atoms with Gasteiger partial charge in [-0.3, -0.25) is 9.18 Å². The molecule has 0 spiro atoms. The van der Waals surface area contributed by atoms with Gasteiger partial charge < -0.3 is 10.6 Å². The molecule has 13 heteroatoms. The molecule has 0 unspecified atom stereocenters. The zero-order valence-electron chi connectivity index (χ0n) is 20.5. The van der Waals surface area contributed by atoms with Gasteiger partial charge in [0.15, 0.2) is 11.5 Å². The number of hydrogen-bond acceptors (Lipinski definition) is 6. The molecule has 0 atom stereocenters. The minimum Gasteiger partial charge on any atom is -0.322 e. The van der Waals surface area contributed by atoms with Gasteiger partial charge in [-0.2, -0.15) is 18.2 Å². The summed E-state index contributed by atoms with van der Waals surface area (Å²) in [5, 5.41) is 5.76. The molecule has 0 bridgehead atoms. The second-order valence-electron chi connectivity index (χ2n) is 9.77. The first kappa shape index (κ1) is 25.8. The molecule has 1 aliphatic heterocycles. The van der Waals surface area contributed by atoms with Crippen LogP contribution in [0.5, 0.6) is 0 Å². The van der Waals surface area contributed by atoms with Crippen molar-refractivity contribution in [3.05, 3.63) is 69.5 Å². The van der Waals surface area contributed by atoms with E-state index in [1.807, 2.05) is 0 Å². The summed E-state index contributed by atoms with van der Waals surface area (Å²) < 4.78 is 70.3. The van der Waals surface area contributed by atoms with Gasteiger partial charge in [0.05, 0.1) is 11.4 Å². The minimum atomic E-state index is -4.73. The van der Waals surface area contributed by atoms with Gasteiger partial charge in [0.1, 0.15) is 24.4 Å². The lowest BCUT2D eigenvalue weighted by Gasteiger charge is -2.21. The fraction of sp³-hybridized carbons (Fsp3) is 0.360. The number of pyridine rings is 1. The van der Waals surface area contributed by atoms with E-state index in [1.54, 1.807) is 26.0 Å². The third-order valence-corrected chi connectivity index (χ3v) is 6.41. The van der Waals surface area contributed by atoms with Gasteiger partial charge in [0.2, 0.25) is 5.95 Å². The summed E-state index contributed by atoms with van der Waals surface area (Å²) in [6.07, 6.45) is -2.95. The Balaban J connectivity index is 1.66. The second kappa shape index (κ2) is 9.46. The van der Waals surface area contributed by atoms with Crippen molar-refractivity contribution in [3.8, 4) is 5.82 Å². The van der Waals surface area contributed by atoms with Crippen molar-refractivity contribution < 1.29 is 22.0 Å². The van der Waals surface area contributed by atoms with E-state index in [-0.39, 0.29) is 34.2 Å². The van der Waals surface area contributed by atoms with Crippen LogP contribution in [0.2, 0.25) is 0 Å². The van der Waals surface area contributed by atoms with E-state index >= 15 is 0 Å². The molecule has 2 N–H and O–H groups in total. The van der Waals surface area contributed by atoms with Gasteiger partial charge in [-0.05, 0) is 48.4 Å². The van der Waals surface area contributed by atoms with Crippen LogP contribution in [-0.2, 0) is 24.9 Å². The lowest BCUT2D eigenvalue weighted by molar-refractivity contribution is -0.144. The van der Waals surface area contributed by atoms with Crippen LogP contribution in [0.4, 0.5) is 33.6 Å². The molecule has 200 valence electrons. The summed E-state index contributed by atoms with van der Waals surface area (Å²) in [6, 6.07) is 7.51. The van der Waals surface area contributed by atoms with Crippen molar-refractivity contribution in [2.75, 3.05) is 18.5 Å². The zero-order valence-corrected chi connectivity index (χ0v) is 20.5. The van der Waals surface area contributed by atoms with Crippen molar-refractivity contribution in [1.82, 2.24) is 29.6 Å². The Morgan fingerprint density at radius 1 is 1.13 bits per heavy atom. The lowest BCUT2D eigenvalue weighted by Crippen LogP contribution is -2.31. The highest BCUT2D eigenvalue weighted by molar-refractivity contribution is 5.77. The molecule has 1 aliphatic rings. The number of rotatable bonds is 6. The lowest BCUT2D eigenvalue weighted by atomic mass is 9.90. The molecule has 38 heavy (non-hydrogen) atoms. The molecule has 1 aromatic carbocycles. The third-order valence-electron chi connectivity index (χ3n) is 6.41. The number of hydrogen-bond donors (Lipinski definition) is 2. The molecule has 0 saturated heterocycles. The van der Waals surface area contributed by atoms with Crippen LogP contribution in [-0.4, -0.2) is 43.7 Å². The van der Waals surface area contributed by atoms with E-state index in [9.17, 15) is 26.7 Å². The summed E-state index contributed by atoms with van der Waals surface area (Å²) in [5.74, 6) is -0.730. The van der Waals surface area contributed by atoms with Crippen LogP contribution in [0, 0.1) is 5.82 Å². The molecule has 4 aromatic rings. The summed E-state index contributed by atoms with van der Waals surface area (Å²) in [5.41, 5.74) is -0.0125. The summed E-state index contributed by atoms with van der Waals surface area (Å²) in [6.45, 7) is 2.11. The summed E-state index contributed by atoms with van der Waals surface area (Å²) in [4.78, 5) is 25.7. The highest BCUT2D eigenvalue weighted by Crippen LogP contribution is 2.27. The SMILES string of the molecule is CC(C)(CF)c1cccc(-n2c3nc(Nc4cc5c(cc4F)CNCC5)ncc3c(=O)n2CC(F)(F)F)n1. The quantitative estimate of drug-likeness (QED) is 0.359. The Kier molecular flexibility index (Phi) is 6.41. The van der Waals surface area contributed by atoms with E-state index in [1.165, 1.54) is 18.2 Å². The Morgan fingerprint density at radius 2 is 1.92 bits per heavy atom. The molecule has 5 rings (SSSR count). The average Bonchev–Trinajstić information content (AvgIpc) is 3.13. The first-order valence-corrected chi connectivity index (χ1v) is 11.8. The maximum atomic E-state index is 14.8. The van der Waals surface area contributed by atoms with Crippen LogP contribution < -0.4 is 16.2 Å². The van der Waals surface area contributed by atoms with Gasteiger partial charge in [-0.15, -0.1) is 0 Å². The standard InChI is InChI=1S/C25H24F5N7O/c1-24(2,12-26)19-4-3-5-20(34-19)37-21-16(22(38)36(37)13-25(28,29)30)11-32-23(35-21)33-18-9-14-6-7-31-10-15(14)8-17(18)27/h3-5,8-9,11,31H,6-7,10,12-13H2,1-2H3,(H,32,33,35). The van der Waals surface area contributed by atoms with E-state index in [4.69, 9.17) is 0 Å². The Morgan fingerprint density at radius 3 is 2.66 bits per heavy atom. The smallest absolute Gasteiger partial charge is 0.322 e. The Labute approximate surface area is 213 Å². The fourth-order valence-electron chi connectivity index (χ4n) is 4.34. The van der Waals surface area contributed by atoms with E-state index in [0.29, 0.717) is 17.6 Å². The van der Waals surface area contributed by atoms with Crippen LogP contribution in [0.3, 0.4) is 0 Å². The van der Waals surface area contributed by atoms with E-state index < -0.39 is 36.2 Å². The van der Waals surface area contributed by atoms with Crippen LogP contribution in [0.25, 0.3) is 16.9 Å². The Bertz CT molecular complexity index is 1580. The number of aromatic nitrogens is 5. The van der Waals surface area contributed by atoms with Crippen LogP contribution in [0.1, 0.15) is 30.7 Å². The van der Waals surface area contributed by atoms with Gasteiger partial charge in [-0.25, -0.2) is 23.7 Å². The molecule has 8 nitrogen and oxygen atoms in total. The molecule has 0 radical (unpaired) electrons. The largest absolute Gasteiger partial charge is 0.408 e. The number of anilines is 2. The number of alkyl halides is 4. The van der Waals surface area contributed by atoms with Crippen LogP contribution in [0.15, 0.2) is 41.3 Å². The van der Waals surface area contributed by atoms with Crippen LogP contribution >= 0.6 is 0 Å². The van der Waals surface area contributed by atoms with E-state index in [0.717, 1.165) is 28.6 Å². The fourth-order valence-corrected chi connectivity index (χ4v) is 4.34. The van der Waals surface area contributed by atoms with Crippen molar-refractivity contribution in [3.63, 3.8) is 0 Å². The second-order valence-corrected chi connectivity index (χ2v) is 9.77. The van der Waals surface area contributed by atoms with Crippen molar-refractivity contribution >= 4 is 22.7 Å². The molecule has 0 aliphatic carbocycles. The van der Waals surface area contributed by atoms with Gasteiger partial charge in [0, 0.05) is 18.2 Å². The normalized spacial score (nSPS) is 14.1. The third kappa shape index (κ3) is 4.85. The van der Waals surface area contributed by atoms with Gasteiger partial charge >= 0.3 is 6.18 Å². The molecule has 3 aromatic heterocycles. The Hall–Kier alpha value is -3.87. The predicted molar refractivity (Wildman–Crippen MR) is 131 cm³/mol. The monoisotopic (exact) mass is 533 g/mol. The molecular weight excluding hydrogens is 509 g/mol. The van der Waals surface area contributed by atoms with E-state index in [2.05, 4.69) is 25.6 Å². The maximum absolute atomic E-state index is 14.8. The average molecular weight is 534 g/mol. The molecule has 4 heterocycles. The van der Waals surface area contributed by atoms with Gasteiger partial charge in [-0.1, -0.05) is 19.9 Å².